The number of carbonyl (C=O) groups excluding carboxylic acids is 1. The topological polar surface area (TPSA) is 35.5 Å². The van der Waals surface area contributed by atoms with E-state index in [9.17, 15) is 4.79 Å². The maximum Gasteiger partial charge on any atom is 0.340 e. The summed E-state index contributed by atoms with van der Waals surface area (Å²) in [5, 5.41) is 0. The molecule has 2 atom stereocenters. The van der Waals surface area contributed by atoms with Crippen molar-refractivity contribution >= 4 is 15.4 Å². The Bertz CT molecular complexity index is 504. The lowest BCUT2D eigenvalue weighted by Gasteiger charge is -2.12. The van der Waals surface area contributed by atoms with Gasteiger partial charge in [-0.1, -0.05) is 95.8 Å². The van der Waals surface area contributed by atoms with Crippen LogP contribution in [0.3, 0.4) is 0 Å². The Hall–Kier alpha value is -0.920. The smallest absolute Gasteiger partial charge is 0.340 e. The summed E-state index contributed by atoms with van der Waals surface area (Å²) in [7, 11) is 2.11. The molecular formula is C23H39O3P. The summed E-state index contributed by atoms with van der Waals surface area (Å²) in [6, 6.07) is 7.82. The van der Waals surface area contributed by atoms with Gasteiger partial charge in [-0.2, -0.15) is 0 Å². The van der Waals surface area contributed by atoms with E-state index >= 15 is 0 Å². The van der Waals surface area contributed by atoms with E-state index in [4.69, 9.17) is 9.26 Å². The Kier molecular flexibility index (Phi) is 14.4. The molecule has 0 radical (unpaired) electrons. The molecule has 0 aromatic heterocycles. The number of esters is 1. The van der Waals surface area contributed by atoms with E-state index in [1.165, 1.54) is 70.6 Å². The molecule has 4 heteroatoms. The van der Waals surface area contributed by atoms with Crippen molar-refractivity contribution in [3.63, 3.8) is 0 Å². The van der Waals surface area contributed by atoms with Crippen LogP contribution in [0.5, 0.6) is 5.75 Å². The fourth-order valence-corrected chi connectivity index (χ4v) is 3.32. The largest absolute Gasteiger partial charge is 0.424 e. The third-order valence-corrected chi connectivity index (χ3v) is 5.43. The minimum absolute atomic E-state index is 0.354. The molecule has 2 unspecified atom stereocenters. The highest BCUT2D eigenvalue weighted by Gasteiger charge is 2.15. The molecule has 154 valence electrons. The summed E-state index contributed by atoms with van der Waals surface area (Å²) in [5.41, 5.74) is 1.11. The fourth-order valence-electron chi connectivity index (χ4n) is 3.21. The van der Waals surface area contributed by atoms with Crippen molar-refractivity contribution in [1.82, 2.24) is 0 Å². The number of hydrogen-bond donors (Lipinski definition) is 0. The molecule has 0 N–H and O–H groups in total. The van der Waals surface area contributed by atoms with Gasteiger partial charge >= 0.3 is 5.97 Å². The number of carbonyl (C=O) groups is 1. The maximum atomic E-state index is 11.9. The zero-order chi connectivity index (χ0) is 19.7. The summed E-state index contributed by atoms with van der Waals surface area (Å²) in [4.78, 5) is 11.9. The molecular weight excluding hydrogens is 355 g/mol. The first-order valence-corrected chi connectivity index (χ1v) is 11.3. The third-order valence-electron chi connectivity index (χ3n) is 5.02. The monoisotopic (exact) mass is 394 g/mol. The quantitative estimate of drug-likeness (QED) is 0.131. The lowest BCUT2D eigenvalue weighted by molar-refractivity contribution is -0.140. The second-order valence-electron chi connectivity index (χ2n) is 7.45. The van der Waals surface area contributed by atoms with Crippen molar-refractivity contribution in [3.8, 4) is 5.75 Å². The van der Waals surface area contributed by atoms with Gasteiger partial charge in [-0.25, -0.2) is 4.79 Å². The Balaban J connectivity index is 2.12. The van der Waals surface area contributed by atoms with Crippen molar-refractivity contribution in [2.75, 3.05) is 0 Å². The van der Waals surface area contributed by atoms with E-state index < -0.39 is 6.10 Å². The number of para-hydroxylation sites is 1. The van der Waals surface area contributed by atoms with Crippen LogP contribution in [0.1, 0.15) is 96.5 Å². The van der Waals surface area contributed by atoms with Gasteiger partial charge in [-0.3, -0.25) is 0 Å². The van der Waals surface area contributed by atoms with Gasteiger partial charge in [0.25, 0.3) is 0 Å². The van der Waals surface area contributed by atoms with Crippen LogP contribution in [0.15, 0.2) is 24.3 Å². The van der Waals surface area contributed by atoms with Gasteiger partial charge in [0.2, 0.25) is 0 Å². The molecule has 1 rings (SSSR count). The van der Waals surface area contributed by atoms with Gasteiger partial charge in [-0.05, 0) is 31.4 Å². The van der Waals surface area contributed by atoms with Gasteiger partial charge in [0, 0.05) is 9.47 Å². The Morgan fingerprint density at radius 2 is 1.41 bits per heavy atom. The lowest BCUT2D eigenvalue weighted by atomic mass is 10.0. The van der Waals surface area contributed by atoms with Crippen molar-refractivity contribution < 1.29 is 14.1 Å². The minimum atomic E-state index is -0.574. The van der Waals surface area contributed by atoms with Gasteiger partial charge < -0.3 is 9.26 Å². The van der Waals surface area contributed by atoms with E-state index in [0.29, 0.717) is 5.75 Å². The van der Waals surface area contributed by atoms with Gasteiger partial charge in [-0.15, -0.1) is 0 Å². The van der Waals surface area contributed by atoms with Crippen LogP contribution in [-0.2, 0) is 15.7 Å². The van der Waals surface area contributed by atoms with Gasteiger partial charge in [0.05, 0.1) is 0 Å². The van der Waals surface area contributed by atoms with Crippen LogP contribution in [0.2, 0.25) is 0 Å². The van der Waals surface area contributed by atoms with Gasteiger partial charge in [0.1, 0.15) is 5.75 Å². The number of unbranched alkanes of at least 4 members (excludes halogenated alkanes) is 11. The SMILES string of the molecule is CCCCCCCCCCCCCCc1ccccc1OC(=O)C(C)OP. The van der Waals surface area contributed by atoms with Gasteiger partial charge in [0.15, 0.2) is 6.10 Å². The molecule has 0 saturated carbocycles. The predicted octanol–water partition coefficient (Wildman–Crippen LogP) is 7.03. The van der Waals surface area contributed by atoms with Crippen molar-refractivity contribution in [2.24, 2.45) is 0 Å². The zero-order valence-corrected chi connectivity index (χ0v) is 18.5. The number of rotatable bonds is 16. The Morgan fingerprint density at radius 3 is 1.96 bits per heavy atom. The second kappa shape index (κ2) is 16.1. The molecule has 1 aromatic carbocycles. The first kappa shape index (κ1) is 24.1. The zero-order valence-electron chi connectivity index (χ0n) is 17.4. The number of aryl methyl sites for hydroxylation is 1. The predicted molar refractivity (Wildman–Crippen MR) is 117 cm³/mol. The van der Waals surface area contributed by atoms with E-state index in [0.717, 1.165) is 18.4 Å². The molecule has 27 heavy (non-hydrogen) atoms. The highest BCUT2D eigenvalue weighted by molar-refractivity contribution is 7.09. The Labute approximate surface area is 168 Å². The van der Waals surface area contributed by atoms with E-state index in [-0.39, 0.29) is 5.97 Å². The van der Waals surface area contributed by atoms with Crippen molar-refractivity contribution in [2.45, 2.75) is 103 Å². The maximum absolute atomic E-state index is 11.9. The molecule has 1 aromatic rings. The highest BCUT2D eigenvalue weighted by Crippen LogP contribution is 2.22. The second-order valence-corrected chi connectivity index (χ2v) is 7.72. The van der Waals surface area contributed by atoms with E-state index in [1.54, 1.807) is 6.92 Å². The molecule has 0 saturated heterocycles. The first-order valence-electron chi connectivity index (χ1n) is 10.8. The average molecular weight is 395 g/mol. The summed E-state index contributed by atoms with van der Waals surface area (Å²) in [5.74, 6) is 0.312. The summed E-state index contributed by atoms with van der Waals surface area (Å²) in [6.45, 7) is 3.95. The van der Waals surface area contributed by atoms with Crippen LogP contribution in [0.25, 0.3) is 0 Å². The highest BCUT2D eigenvalue weighted by atomic mass is 31.0. The Morgan fingerprint density at radius 1 is 0.889 bits per heavy atom. The molecule has 0 bridgehead atoms. The first-order chi connectivity index (χ1) is 13.2. The molecule has 0 fully saturated rings. The van der Waals surface area contributed by atoms with Crippen LogP contribution in [0, 0.1) is 0 Å². The van der Waals surface area contributed by atoms with Crippen molar-refractivity contribution in [3.05, 3.63) is 29.8 Å². The number of hydrogen-bond acceptors (Lipinski definition) is 3. The summed E-state index contributed by atoms with van der Waals surface area (Å²) < 4.78 is 10.4. The normalized spacial score (nSPS) is 12.1. The molecule has 0 aliphatic carbocycles. The average Bonchev–Trinajstić information content (AvgIpc) is 2.69. The molecule has 0 spiro atoms. The summed E-state index contributed by atoms with van der Waals surface area (Å²) in [6.07, 6.45) is 16.5. The number of ether oxygens (including phenoxy) is 1. The van der Waals surface area contributed by atoms with Crippen LogP contribution >= 0.6 is 9.47 Å². The molecule has 0 aliphatic heterocycles. The van der Waals surface area contributed by atoms with E-state index in [2.05, 4.69) is 16.4 Å². The van der Waals surface area contributed by atoms with Crippen LogP contribution in [-0.4, -0.2) is 12.1 Å². The standard InChI is InChI=1S/C23H39O3P/c1-3-4-5-6-7-8-9-10-11-12-13-14-17-21-18-15-16-19-22(21)25-23(24)20(2)26-27/h15-16,18-20H,3-14,17,27H2,1-2H3. The molecule has 3 nitrogen and oxygen atoms in total. The van der Waals surface area contributed by atoms with Crippen LogP contribution in [0.4, 0.5) is 0 Å². The van der Waals surface area contributed by atoms with E-state index in [1.807, 2.05) is 24.3 Å². The molecule has 0 heterocycles. The van der Waals surface area contributed by atoms with Crippen LogP contribution < -0.4 is 4.74 Å². The lowest BCUT2D eigenvalue weighted by Crippen LogP contribution is -2.23. The van der Waals surface area contributed by atoms with Crippen molar-refractivity contribution in [1.29, 1.82) is 0 Å². The minimum Gasteiger partial charge on any atom is -0.424 e. The summed E-state index contributed by atoms with van der Waals surface area (Å²) >= 11 is 0. The number of benzene rings is 1. The molecule has 0 aliphatic rings. The molecule has 0 amide bonds. The third kappa shape index (κ3) is 11.5. The fraction of sp³-hybridized carbons (Fsp3) is 0.696.